The molecule has 16 heavy (non-hydrogen) atoms. The van der Waals surface area contributed by atoms with Crippen LogP contribution in [0.15, 0.2) is 30.5 Å². The van der Waals surface area contributed by atoms with Crippen molar-refractivity contribution in [2.45, 2.75) is 6.92 Å². The van der Waals surface area contributed by atoms with E-state index in [1.54, 1.807) is 13.1 Å². The van der Waals surface area contributed by atoms with E-state index >= 15 is 0 Å². The molecule has 4 nitrogen and oxygen atoms in total. The fourth-order valence-corrected chi connectivity index (χ4v) is 1.40. The second kappa shape index (κ2) is 3.77. The van der Waals surface area contributed by atoms with E-state index in [1.807, 2.05) is 0 Å². The van der Waals surface area contributed by atoms with Gasteiger partial charge < -0.3 is 5.11 Å². The van der Waals surface area contributed by atoms with Gasteiger partial charge in [0.15, 0.2) is 5.69 Å². The Bertz CT molecular complexity index is 531. The number of aryl methyl sites for hydroxylation is 1. The molecule has 0 spiro atoms. The maximum Gasteiger partial charge on any atom is 0.356 e. The van der Waals surface area contributed by atoms with Crippen LogP contribution in [0.5, 0.6) is 0 Å². The van der Waals surface area contributed by atoms with Crippen LogP contribution in [0.2, 0.25) is 0 Å². The standard InChI is InChI=1S/C11H9FN2O2/c1-7-6-14(13-10(7)11(15)16)9-4-2-8(12)3-5-9/h2-6H,1H3,(H,15,16). The lowest BCUT2D eigenvalue weighted by Gasteiger charge is -1.99. The highest BCUT2D eigenvalue weighted by Crippen LogP contribution is 2.12. The fourth-order valence-electron chi connectivity index (χ4n) is 1.40. The summed E-state index contributed by atoms with van der Waals surface area (Å²) in [5.41, 5.74) is 1.19. The predicted molar refractivity (Wildman–Crippen MR) is 55.2 cm³/mol. The third kappa shape index (κ3) is 1.79. The zero-order valence-corrected chi connectivity index (χ0v) is 8.51. The Morgan fingerprint density at radius 2 is 2.00 bits per heavy atom. The molecule has 1 aromatic carbocycles. The topological polar surface area (TPSA) is 55.1 Å². The average molecular weight is 220 g/mol. The Morgan fingerprint density at radius 1 is 1.38 bits per heavy atom. The van der Waals surface area contributed by atoms with Gasteiger partial charge in [-0.1, -0.05) is 0 Å². The monoisotopic (exact) mass is 220 g/mol. The van der Waals surface area contributed by atoms with Gasteiger partial charge in [-0.05, 0) is 31.2 Å². The molecule has 0 amide bonds. The van der Waals surface area contributed by atoms with Crippen LogP contribution in [0.3, 0.4) is 0 Å². The summed E-state index contributed by atoms with van der Waals surface area (Å²) in [6.07, 6.45) is 1.59. The van der Waals surface area contributed by atoms with Crippen LogP contribution in [0.25, 0.3) is 5.69 Å². The molecular formula is C11H9FN2O2. The summed E-state index contributed by atoms with van der Waals surface area (Å²) in [5, 5.41) is 12.7. The first kappa shape index (κ1) is 10.4. The number of aromatic carboxylic acids is 1. The minimum absolute atomic E-state index is 0.00400. The molecule has 1 N–H and O–H groups in total. The number of benzene rings is 1. The lowest BCUT2D eigenvalue weighted by Crippen LogP contribution is -2.01. The van der Waals surface area contributed by atoms with Gasteiger partial charge in [0.2, 0.25) is 0 Å². The van der Waals surface area contributed by atoms with Crippen molar-refractivity contribution < 1.29 is 14.3 Å². The summed E-state index contributed by atoms with van der Waals surface area (Å²) in [6.45, 7) is 1.66. The molecule has 82 valence electrons. The van der Waals surface area contributed by atoms with E-state index < -0.39 is 5.97 Å². The second-order valence-electron chi connectivity index (χ2n) is 3.39. The molecule has 0 bridgehead atoms. The lowest BCUT2D eigenvalue weighted by molar-refractivity contribution is 0.0689. The summed E-state index contributed by atoms with van der Waals surface area (Å²) in [5.74, 6) is -1.41. The van der Waals surface area contributed by atoms with Gasteiger partial charge in [0.05, 0.1) is 5.69 Å². The Hall–Kier alpha value is -2.17. The molecule has 2 rings (SSSR count). The molecule has 0 saturated carbocycles. The number of hydrogen-bond acceptors (Lipinski definition) is 2. The van der Waals surface area contributed by atoms with Crippen molar-refractivity contribution in [3.05, 3.63) is 47.5 Å². The summed E-state index contributed by atoms with van der Waals surface area (Å²) in [4.78, 5) is 10.8. The molecular weight excluding hydrogens is 211 g/mol. The normalized spacial score (nSPS) is 10.4. The van der Waals surface area contributed by atoms with Crippen LogP contribution < -0.4 is 0 Å². The van der Waals surface area contributed by atoms with Crippen LogP contribution in [0, 0.1) is 12.7 Å². The predicted octanol–water partition coefficient (Wildman–Crippen LogP) is 2.02. The highest BCUT2D eigenvalue weighted by molar-refractivity contribution is 5.86. The van der Waals surface area contributed by atoms with E-state index in [9.17, 15) is 9.18 Å². The van der Waals surface area contributed by atoms with Crippen molar-refractivity contribution in [1.29, 1.82) is 0 Å². The fraction of sp³-hybridized carbons (Fsp3) is 0.0909. The Kier molecular flexibility index (Phi) is 2.44. The molecule has 0 unspecified atom stereocenters. The molecule has 1 aromatic heterocycles. The first-order valence-corrected chi connectivity index (χ1v) is 4.63. The van der Waals surface area contributed by atoms with Gasteiger partial charge in [0.1, 0.15) is 5.82 Å². The van der Waals surface area contributed by atoms with Gasteiger partial charge in [-0.25, -0.2) is 13.9 Å². The van der Waals surface area contributed by atoms with E-state index in [0.29, 0.717) is 11.3 Å². The summed E-state index contributed by atoms with van der Waals surface area (Å²) in [7, 11) is 0. The maximum absolute atomic E-state index is 12.7. The van der Waals surface area contributed by atoms with Crippen molar-refractivity contribution in [3.63, 3.8) is 0 Å². The molecule has 0 saturated heterocycles. The number of hydrogen-bond donors (Lipinski definition) is 1. The van der Waals surface area contributed by atoms with E-state index in [1.165, 1.54) is 28.9 Å². The number of nitrogens with zero attached hydrogens (tertiary/aromatic N) is 2. The SMILES string of the molecule is Cc1cn(-c2ccc(F)cc2)nc1C(=O)O. The zero-order chi connectivity index (χ0) is 11.7. The third-order valence-corrected chi connectivity index (χ3v) is 2.19. The minimum Gasteiger partial charge on any atom is -0.476 e. The Labute approximate surface area is 90.9 Å². The van der Waals surface area contributed by atoms with Gasteiger partial charge in [-0.3, -0.25) is 0 Å². The largest absolute Gasteiger partial charge is 0.476 e. The van der Waals surface area contributed by atoms with Gasteiger partial charge in [-0.2, -0.15) is 5.10 Å². The quantitative estimate of drug-likeness (QED) is 0.842. The van der Waals surface area contributed by atoms with E-state index in [-0.39, 0.29) is 11.5 Å². The molecule has 0 atom stereocenters. The number of halogens is 1. The molecule has 0 radical (unpaired) electrons. The van der Waals surface area contributed by atoms with Crippen LogP contribution in [0.4, 0.5) is 4.39 Å². The molecule has 0 aliphatic heterocycles. The summed E-state index contributed by atoms with van der Waals surface area (Å²) < 4.78 is 14.1. The van der Waals surface area contributed by atoms with Crippen molar-refractivity contribution in [2.24, 2.45) is 0 Å². The zero-order valence-electron chi connectivity index (χ0n) is 8.51. The molecule has 5 heteroatoms. The minimum atomic E-state index is -1.07. The highest BCUT2D eigenvalue weighted by atomic mass is 19.1. The van der Waals surface area contributed by atoms with E-state index in [2.05, 4.69) is 5.10 Å². The average Bonchev–Trinajstić information content (AvgIpc) is 2.61. The van der Waals surface area contributed by atoms with E-state index in [4.69, 9.17) is 5.11 Å². The highest BCUT2D eigenvalue weighted by Gasteiger charge is 2.12. The van der Waals surface area contributed by atoms with Gasteiger partial charge in [0, 0.05) is 11.8 Å². The first-order valence-electron chi connectivity index (χ1n) is 4.63. The van der Waals surface area contributed by atoms with Crippen LogP contribution in [-0.2, 0) is 0 Å². The molecule has 1 heterocycles. The molecule has 0 aliphatic rings. The third-order valence-electron chi connectivity index (χ3n) is 2.19. The van der Waals surface area contributed by atoms with Crippen molar-refractivity contribution in [1.82, 2.24) is 9.78 Å². The van der Waals surface area contributed by atoms with Gasteiger partial charge in [-0.15, -0.1) is 0 Å². The number of carboxylic acids is 1. The van der Waals surface area contributed by atoms with Crippen molar-refractivity contribution in [2.75, 3.05) is 0 Å². The van der Waals surface area contributed by atoms with Gasteiger partial charge in [0.25, 0.3) is 0 Å². The number of rotatable bonds is 2. The van der Waals surface area contributed by atoms with E-state index in [0.717, 1.165) is 0 Å². The summed E-state index contributed by atoms with van der Waals surface area (Å²) >= 11 is 0. The van der Waals surface area contributed by atoms with Crippen LogP contribution in [-0.4, -0.2) is 20.9 Å². The second-order valence-corrected chi connectivity index (χ2v) is 3.39. The van der Waals surface area contributed by atoms with Crippen LogP contribution >= 0.6 is 0 Å². The van der Waals surface area contributed by atoms with Crippen molar-refractivity contribution >= 4 is 5.97 Å². The molecule has 2 aromatic rings. The Balaban J connectivity index is 2.45. The van der Waals surface area contributed by atoms with Crippen molar-refractivity contribution in [3.8, 4) is 5.69 Å². The maximum atomic E-state index is 12.7. The lowest BCUT2D eigenvalue weighted by atomic mass is 10.3. The number of aromatic nitrogens is 2. The smallest absolute Gasteiger partial charge is 0.356 e. The van der Waals surface area contributed by atoms with Gasteiger partial charge >= 0.3 is 5.97 Å². The Morgan fingerprint density at radius 3 is 2.50 bits per heavy atom. The molecule has 0 fully saturated rings. The van der Waals surface area contributed by atoms with Crippen LogP contribution in [0.1, 0.15) is 16.1 Å². The number of carbonyl (C=O) groups is 1. The number of carboxylic acid groups (broad SMARTS) is 1. The summed E-state index contributed by atoms with van der Waals surface area (Å²) in [6, 6.07) is 5.67. The molecule has 0 aliphatic carbocycles. The first-order chi connectivity index (χ1) is 7.58.